The van der Waals surface area contributed by atoms with Gasteiger partial charge in [0.2, 0.25) is 11.8 Å². The normalized spacial score (nSPS) is 25.4. The van der Waals surface area contributed by atoms with Crippen molar-refractivity contribution >= 4 is 11.8 Å². The number of amides is 2. The zero-order valence-corrected chi connectivity index (χ0v) is 14.5. The molecule has 4 nitrogen and oxygen atoms in total. The highest BCUT2D eigenvalue weighted by Gasteiger charge is 2.43. The molecule has 4 rings (SSSR count). The molecule has 1 unspecified atom stereocenters. The number of halogens is 1. The Morgan fingerprint density at radius 1 is 1.24 bits per heavy atom. The smallest absolute Gasteiger partial charge is 0.225 e. The predicted molar refractivity (Wildman–Crippen MR) is 92.4 cm³/mol. The summed E-state index contributed by atoms with van der Waals surface area (Å²) in [6.07, 6.45) is 6.35. The first-order chi connectivity index (χ1) is 12.1. The Bertz CT molecular complexity index is 680. The summed E-state index contributed by atoms with van der Waals surface area (Å²) in [6.45, 7) is 1.00. The van der Waals surface area contributed by atoms with E-state index in [4.69, 9.17) is 0 Å². The molecule has 0 spiro atoms. The predicted octanol–water partition coefficient (Wildman–Crippen LogP) is 2.76. The minimum absolute atomic E-state index is 0.0564. The average molecular weight is 344 g/mol. The number of carbonyl (C=O) groups excluding carboxylic acids is 2. The Hall–Kier alpha value is -1.91. The van der Waals surface area contributed by atoms with Crippen LogP contribution in [0.15, 0.2) is 24.3 Å². The van der Waals surface area contributed by atoms with Crippen molar-refractivity contribution in [3.63, 3.8) is 0 Å². The summed E-state index contributed by atoms with van der Waals surface area (Å²) < 4.78 is 14.3. The van der Waals surface area contributed by atoms with Gasteiger partial charge < -0.3 is 10.2 Å². The second-order valence-electron chi connectivity index (χ2n) is 7.86. The molecule has 1 heterocycles. The van der Waals surface area contributed by atoms with E-state index in [9.17, 15) is 14.0 Å². The van der Waals surface area contributed by atoms with Crippen LogP contribution in [0.3, 0.4) is 0 Å². The molecule has 0 radical (unpaired) electrons. The second kappa shape index (κ2) is 6.43. The van der Waals surface area contributed by atoms with Crippen molar-refractivity contribution in [2.75, 3.05) is 13.1 Å². The first-order valence-corrected chi connectivity index (χ1v) is 9.41. The van der Waals surface area contributed by atoms with E-state index in [1.165, 1.54) is 6.07 Å². The number of nitrogens with one attached hydrogen (secondary N) is 1. The number of benzene rings is 1. The fourth-order valence-corrected chi connectivity index (χ4v) is 4.53. The van der Waals surface area contributed by atoms with Gasteiger partial charge in [-0.05, 0) is 37.3 Å². The van der Waals surface area contributed by atoms with Crippen LogP contribution in [0.2, 0.25) is 0 Å². The highest BCUT2D eigenvalue weighted by molar-refractivity contribution is 5.89. The van der Waals surface area contributed by atoms with Crippen molar-refractivity contribution in [3.8, 4) is 0 Å². The summed E-state index contributed by atoms with van der Waals surface area (Å²) >= 11 is 0. The highest BCUT2D eigenvalue weighted by atomic mass is 19.1. The highest BCUT2D eigenvalue weighted by Crippen LogP contribution is 2.41. The Labute approximate surface area is 147 Å². The van der Waals surface area contributed by atoms with Gasteiger partial charge in [-0.2, -0.15) is 0 Å². The lowest BCUT2D eigenvalue weighted by atomic mass is 9.78. The van der Waals surface area contributed by atoms with Crippen LogP contribution in [0.4, 0.5) is 4.39 Å². The molecule has 2 aliphatic carbocycles. The Kier molecular flexibility index (Phi) is 4.26. The molecule has 2 saturated carbocycles. The van der Waals surface area contributed by atoms with Gasteiger partial charge in [-0.15, -0.1) is 0 Å². The maximum absolute atomic E-state index is 14.3. The van der Waals surface area contributed by atoms with E-state index in [0.29, 0.717) is 25.6 Å². The molecule has 1 atom stereocenters. The third-order valence-electron chi connectivity index (χ3n) is 6.12. The van der Waals surface area contributed by atoms with E-state index in [2.05, 4.69) is 5.32 Å². The molecule has 25 heavy (non-hydrogen) atoms. The minimum Gasteiger partial charge on any atom is -0.355 e. The van der Waals surface area contributed by atoms with E-state index in [-0.39, 0.29) is 29.0 Å². The van der Waals surface area contributed by atoms with E-state index >= 15 is 0 Å². The summed E-state index contributed by atoms with van der Waals surface area (Å²) in [5.74, 6) is -0.395. The number of nitrogens with zero attached hydrogens (tertiary/aromatic N) is 1. The number of likely N-dealkylation sites (tertiary alicyclic amines) is 1. The van der Waals surface area contributed by atoms with Crippen LogP contribution in [0, 0.1) is 11.7 Å². The number of hydrogen-bond donors (Lipinski definition) is 1. The van der Waals surface area contributed by atoms with Gasteiger partial charge in [0.15, 0.2) is 0 Å². The average Bonchev–Trinajstić information content (AvgIpc) is 3.20. The lowest BCUT2D eigenvalue weighted by Gasteiger charge is -2.30. The van der Waals surface area contributed by atoms with Crippen molar-refractivity contribution in [1.82, 2.24) is 10.2 Å². The SMILES string of the molecule is O=C(NCC1(c2ccccc2F)CCCC1)C1CC(=O)N(C2CC2)C1. The fraction of sp³-hybridized carbons (Fsp3) is 0.600. The quantitative estimate of drug-likeness (QED) is 0.893. The molecule has 1 N–H and O–H groups in total. The molecule has 0 aromatic heterocycles. The third kappa shape index (κ3) is 3.16. The molecular weight excluding hydrogens is 319 g/mol. The minimum atomic E-state index is -0.306. The zero-order chi connectivity index (χ0) is 17.4. The Balaban J connectivity index is 1.43. The van der Waals surface area contributed by atoms with Gasteiger partial charge in [0.25, 0.3) is 0 Å². The first-order valence-electron chi connectivity index (χ1n) is 9.41. The van der Waals surface area contributed by atoms with Crippen molar-refractivity contribution in [2.24, 2.45) is 5.92 Å². The van der Waals surface area contributed by atoms with Crippen molar-refractivity contribution in [3.05, 3.63) is 35.6 Å². The molecule has 1 aliphatic heterocycles. The molecule has 1 saturated heterocycles. The second-order valence-corrected chi connectivity index (χ2v) is 7.86. The third-order valence-corrected chi connectivity index (χ3v) is 6.12. The molecule has 3 fully saturated rings. The van der Waals surface area contributed by atoms with Crippen LogP contribution in [-0.4, -0.2) is 35.8 Å². The Morgan fingerprint density at radius 3 is 2.64 bits per heavy atom. The topological polar surface area (TPSA) is 49.4 Å². The summed E-state index contributed by atoms with van der Waals surface area (Å²) in [4.78, 5) is 26.5. The van der Waals surface area contributed by atoms with E-state index < -0.39 is 0 Å². The summed E-state index contributed by atoms with van der Waals surface area (Å²) in [6, 6.07) is 7.28. The van der Waals surface area contributed by atoms with Crippen molar-refractivity contribution in [1.29, 1.82) is 0 Å². The van der Waals surface area contributed by atoms with Gasteiger partial charge in [0, 0.05) is 31.0 Å². The lowest BCUT2D eigenvalue weighted by molar-refractivity contribution is -0.129. The van der Waals surface area contributed by atoms with Crippen LogP contribution in [-0.2, 0) is 15.0 Å². The molecule has 134 valence electrons. The number of carbonyl (C=O) groups is 2. The van der Waals surface area contributed by atoms with Gasteiger partial charge in [-0.3, -0.25) is 9.59 Å². The molecule has 1 aromatic carbocycles. The van der Waals surface area contributed by atoms with Crippen LogP contribution in [0.25, 0.3) is 0 Å². The van der Waals surface area contributed by atoms with Crippen LogP contribution >= 0.6 is 0 Å². The number of hydrogen-bond acceptors (Lipinski definition) is 2. The maximum Gasteiger partial charge on any atom is 0.225 e. The lowest BCUT2D eigenvalue weighted by Crippen LogP contribution is -2.42. The molecule has 1 aromatic rings. The zero-order valence-electron chi connectivity index (χ0n) is 14.5. The van der Waals surface area contributed by atoms with Gasteiger partial charge in [-0.25, -0.2) is 4.39 Å². The largest absolute Gasteiger partial charge is 0.355 e. The van der Waals surface area contributed by atoms with Crippen LogP contribution in [0.1, 0.15) is 50.5 Å². The van der Waals surface area contributed by atoms with Gasteiger partial charge >= 0.3 is 0 Å². The maximum atomic E-state index is 14.3. The summed E-state index contributed by atoms with van der Waals surface area (Å²) in [5.41, 5.74) is 0.412. The van der Waals surface area contributed by atoms with Crippen LogP contribution in [0.5, 0.6) is 0 Å². The van der Waals surface area contributed by atoms with E-state index in [0.717, 1.165) is 44.1 Å². The molecule has 2 amide bonds. The molecule has 3 aliphatic rings. The van der Waals surface area contributed by atoms with E-state index in [1.54, 1.807) is 6.07 Å². The number of rotatable bonds is 5. The van der Waals surface area contributed by atoms with E-state index in [1.807, 2.05) is 17.0 Å². The van der Waals surface area contributed by atoms with Crippen molar-refractivity contribution < 1.29 is 14.0 Å². The van der Waals surface area contributed by atoms with Gasteiger partial charge in [0.1, 0.15) is 5.82 Å². The van der Waals surface area contributed by atoms with Crippen LogP contribution < -0.4 is 5.32 Å². The standard InChI is InChI=1S/C20H25FN2O2/c21-17-6-2-1-5-16(17)20(9-3-4-10-20)13-22-19(25)14-11-18(24)23(12-14)15-7-8-15/h1-2,5-6,14-15H,3-4,7-13H2,(H,22,25). The Morgan fingerprint density at radius 2 is 1.96 bits per heavy atom. The fourth-order valence-electron chi connectivity index (χ4n) is 4.53. The van der Waals surface area contributed by atoms with Gasteiger partial charge in [-0.1, -0.05) is 31.0 Å². The first kappa shape index (κ1) is 16.6. The van der Waals surface area contributed by atoms with Crippen molar-refractivity contribution in [2.45, 2.75) is 56.4 Å². The monoisotopic (exact) mass is 344 g/mol. The molecular formula is C20H25FN2O2. The summed E-state index contributed by atoms with van der Waals surface area (Å²) in [7, 11) is 0. The summed E-state index contributed by atoms with van der Waals surface area (Å²) in [5, 5.41) is 3.05. The molecule has 0 bridgehead atoms. The molecule has 5 heteroatoms. The van der Waals surface area contributed by atoms with Gasteiger partial charge in [0.05, 0.1) is 5.92 Å².